The van der Waals surface area contributed by atoms with Crippen LogP contribution < -0.4 is 0 Å². The lowest BCUT2D eigenvalue weighted by Gasteiger charge is -2.12. The molecule has 4 heteroatoms. The fourth-order valence-electron chi connectivity index (χ4n) is 2.68. The number of benzene rings is 2. The summed E-state index contributed by atoms with van der Waals surface area (Å²) in [4.78, 5) is 3.33. The van der Waals surface area contributed by atoms with Gasteiger partial charge in [-0.05, 0) is 16.8 Å². The van der Waals surface area contributed by atoms with E-state index >= 15 is 0 Å². The van der Waals surface area contributed by atoms with Gasteiger partial charge >= 0.3 is 0 Å². The van der Waals surface area contributed by atoms with Crippen LogP contribution in [0.25, 0.3) is 21.7 Å². The molecule has 0 unspecified atom stereocenters. The topological polar surface area (TPSA) is 34.2 Å². The van der Waals surface area contributed by atoms with Crippen LogP contribution in [0.1, 0.15) is 11.9 Å². The first kappa shape index (κ1) is 12.0. The number of aromatic nitrogens is 1. The molecule has 0 spiro atoms. The zero-order chi connectivity index (χ0) is 13.5. The SMILES string of the molecule is S=c1[nH]c2c(ccc3ccccc32)cc1C1OCCO1. The van der Waals surface area contributed by atoms with Crippen molar-refractivity contribution < 1.29 is 9.47 Å². The average molecular weight is 283 g/mol. The maximum absolute atomic E-state index is 5.55. The molecule has 2 aromatic carbocycles. The van der Waals surface area contributed by atoms with E-state index in [0.717, 1.165) is 16.5 Å². The van der Waals surface area contributed by atoms with Crippen molar-refractivity contribution in [3.63, 3.8) is 0 Å². The highest BCUT2D eigenvalue weighted by molar-refractivity contribution is 7.71. The van der Waals surface area contributed by atoms with Crippen LogP contribution in [0.4, 0.5) is 0 Å². The highest BCUT2D eigenvalue weighted by Gasteiger charge is 2.20. The number of nitrogens with one attached hydrogen (secondary N) is 1. The summed E-state index contributed by atoms with van der Waals surface area (Å²) < 4.78 is 11.8. The molecule has 1 aliphatic rings. The highest BCUT2D eigenvalue weighted by Crippen LogP contribution is 2.29. The molecule has 1 saturated heterocycles. The van der Waals surface area contributed by atoms with Crippen LogP contribution in [0.3, 0.4) is 0 Å². The van der Waals surface area contributed by atoms with Gasteiger partial charge in [-0.3, -0.25) is 0 Å². The first-order chi connectivity index (χ1) is 9.83. The van der Waals surface area contributed by atoms with E-state index in [1.165, 1.54) is 10.8 Å². The molecule has 0 radical (unpaired) electrons. The zero-order valence-corrected chi connectivity index (χ0v) is 11.6. The van der Waals surface area contributed by atoms with Crippen molar-refractivity contribution in [1.29, 1.82) is 0 Å². The molecule has 1 aromatic heterocycles. The van der Waals surface area contributed by atoms with Gasteiger partial charge in [-0.15, -0.1) is 0 Å². The fraction of sp³-hybridized carbons (Fsp3) is 0.188. The van der Waals surface area contributed by atoms with Crippen LogP contribution in [0.5, 0.6) is 0 Å². The predicted octanol–water partition coefficient (Wildman–Crippen LogP) is 4.10. The summed E-state index contributed by atoms with van der Waals surface area (Å²) in [6.07, 6.45) is -0.338. The van der Waals surface area contributed by atoms with E-state index in [4.69, 9.17) is 21.7 Å². The summed E-state index contributed by atoms with van der Waals surface area (Å²) in [6, 6.07) is 14.6. The molecule has 3 aromatic rings. The lowest BCUT2D eigenvalue weighted by molar-refractivity contribution is -0.0445. The number of H-pyrrole nitrogens is 1. The highest BCUT2D eigenvalue weighted by atomic mass is 32.1. The van der Waals surface area contributed by atoms with E-state index in [1.54, 1.807) is 0 Å². The van der Waals surface area contributed by atoms with Gasteiger partial charge in [-0.1, -0.05) is 48.6 Å². The average Bonchev–Trinajstić information content (AvgIpc) is 3.00. The standard InChI is InChI=1S/C16H13NO2S/c20-15-13(16-18-7-8-19-16)9-11-6-5-10-3-1-2-4-12(10)14(11)17-15/h1-6,9,16H,7-8H2,(H,17,20). The van der Waals surface area contributed by atoms with Crippen LogP contribution in [0.15, 0.2) is 42.5 Å². The second-order valence-corrected chi connectivity index (χ2v) is 5.29. The third-order valence-corrected chi connectivity index (χ3v) is 3.99. The Balaban J connectivity index is 2.00. The molecule has 0 saturated carbocycles. The van der Waals surface area contributed by atoms with Gasteiger partial charge in [0.1, 0.15) is 4.64 Å². The summed E-state index contributed by atoms with van der Waals surface area (Å²) in [5, 5.41) is 3.49. The largest absolute Gasteiger partial charge is 0.346 e. The van der Waals surface area contributed by atoms with E-state index in [9.17, 15) is 0 Å². The van der Waals surface area contributed by atoms with Gasteiger partial charge in [-0.2, -0.15) is 0 Å². The number of hydrogen-bond acceptors (Lipinski definition) is 3. The van der Waals surface area contributed by atoms with E-state index in [2.05, 4.69) is 35.3 Å². The molecule has 1 fully saturated rings. The summed E-state index contributed by atoms with van der Waals surface area (Å²) in [5.74, 6) is 0. The molecular weight excluding hydrogens is 270 g/mol. The van der Waals surface area contributed by atoms with Gasteiger partial charge in [0.15, 0.2) is 6.29 Å². The Labute approximate surface area is 121 Å². The second kappa shape index (κ2) is 4.66. The Morgan fingerprint density at radius 3 is 2.60 bits per heavy atom. The Morgan fingerprint density at radius 2 is 1.75 bits per heavy atom. The molecule has 100 valence electrons. The molecule has 1 N–H and O–H groups in total. The van der Waals surface area contributed by atoms with E-state index in [1.807, 2.05) is 12.1 Å². The minimum Gasteiger partial charge on any atom is -0.346 e. The van der Waals surface area contributed by atoms with Crippen molar-refractivity contribution in [2.24, 2.45) is 0 Å². The van der Waals surface area contributed by atoms with Crippen LogP contribution in [-0.4, -0.2) is 18.2 Å². The summed E-state index contributed by atoms with van der Waals surface area (Å²) >= 11 is 5.46. The van der Waals surface area contributed by atoms with Gasteiger partial charge in [0.25, 0.3) is 0 Å². The van der Waals surface area contributed by atoms with Crippen molar-refractivity contribution in [2.45, 2.75) is 6.29 Å². The number of ether oxygens (including phenoxy) is 2. The van der Waals surface area contributed by atoms with Crippen molar-refractivity contribution in [3.8, 4) is 0 Å². The van der Waals surface area contributed by atoms with Crippen LogP contribution >= 0.6 is 12.2 Å². The maximum Gasteiger partial charge on any atom is 0.186 e. The third kappa shape index (κ3) is 1.85. The first-order valence-corrected chi connectivity index (χ1v) is 7.02. The number of fused-ring (bicyclic) bond motifs is 3. The number of hydrogen-bond donors (Lipinski definition) is 1. The molecule has 20 heavy (non-hydrogen) atoms. The molecule has 0 aliphatic carbocycles. The van der Waals surface area contributed by atoms with Crippen LogP contribution in [0, 0.1) is 4.64 Å². The molecular formula is C16H13NO2S. The van der Waals surface area contributed by atoms with Gasteiger partial charge in [0.2, 0.25) is 0 Å². The quantitative estimate of drug-likeness (QED) is 0.539. The minimum atomic E-state index is -0.338. The van der Waals surface area contributed by atoms with E-state index in [0.29, 0.717) is 17.9 Å². The maximum atomic E-state index is 5.55. The van der Waals surface area contributed by atoms with Crippen LogP contribution in [-0.2, 0) is 9.47 Å². The van der Waals surface area contributed by atoms with E-state index < -0.39 is 0 Å². The minimum absolute atomic E-state index is 0.338. The van der Waals surface area contributed by atoms with Crippen molar-refractivity contribution in [3.05, 3.63) is 52.7 Å². The van der Waals surface area contributed by atoms with Crippen molar-refractivity contribution in [2.75, 3.05) is 13.2 Å². The molecule has 1 aliphatic heterocycles. The molecule has 0 bridgehead atoms. The molecule has 3 nitrogen and oxygen atoms in total. The van der Waals surface area contributed by atoms with Gasteiger partial charge in [-0.25, -0.2) is 0 Å². The molecule has 0 atom stereocenters. The van der Waals surface area contributed by atoms with Crippen molar-refractivity contribution in [1.82, 2.24) is 4.98 Å². The number of pyridine rings is 1. The molecule has 4 rings (SSSR count). The van der Waals surface area contributed by atoms with Crippen molar-refractivity contribution >= 4 is 33.9 Å². The van der Waals surface area contributed by atoms with Gasteiger partial charge in [0, 0.05) is 10.9 Å². The lowest BCUT2D eigenvalue weighted by Crippen LogP contribution is -2.00. The number of rotatable bonds is 1. The second-order valence-electron chi connectivity index (χ2n) is 4.88. The fourth-order valence-corrected chi connectivity index (χ4v) is 2.94. The Bertz CT molecular complexity index is 850. The van der Waals surface area contributed by atoms with E-state index in [-0.39, 0.29) is 6.29 Å². The first-order valence-electron chi connectivity index (χ1n) is 6.61. The smallest absolute Gasteiger partial charge is 0.186 e. The van der Waals surface area contributed by atoms with Gasteiger partial charge < -0.3 is 14.5 Å². The monoisotopic (exact) mass is 283 g/mol. The third-order valence-electron chi connectivity index (χ3n) is 3.65. The van der Waals surface area contributed by atoms with Gasteiger partial charge in [0.05, 0.1) is 18.7 Å². The Morgan fingerprint density at radius 1 is 1.00 bits per heavy atom. The lowest BCUT2D eigenvalue weighted by atomic mass is 10.1. The molecule has 0 amide bonds. The Hall–Kier alpha value is -1.75. The summed E-state index contributed by atoms with van der Waals surface area (Å²) in [5.41, 5.74) is 1.97. The zero-order valence-electron chi connectivity index (χ0n) is 10.8. The van der Waals surface area contributed by atoms with Crippen LogP contribution in [0.2, 0.25) is 0 Å². The summed E-state index contributed by atoms with van der Waals surface area (Å²) in [7, 11) is 0. The normalized spacial score (nSPS) is 16.2. The summed E-state index contributed by atoms with van der Waals surface area (Å²) in [6.45, 7) is 1.24. The molecule has 2 heterocycles. The Kier molecular flexibility index (Phi) is 2.80. The number of aromatic amines is 1. The predicted molar refractivity (Wildman–Crippen MR) is 81.3 cm³/mol.